The lowest BCUT2D eigenvalue weighted by Crippen LogP contribution is -1.96. The molecule has 1 heterocycles. The van der Waals surface area contributed by atoms with Gasteiger partial charge in [0.25, 0.3) is 9.05 Å². The average Bonchev–Trinajstić information content (AvgIpc) is 2.01. The van der Waals surface area contributed by atoms with Crippen molar-refractivity contribution in [2.75, 3.05) is 0 Å². The van der Waals surface area contributed by atoms with E-state index in [9.17, 15) is 8.42 Å². The lowest BCUT2D eigenvalue weighted by atomic mass is 10.5. The van der Waals surface area contributed by atoms with Gasteiger partial charge in [0, 0.05) is 15.9 Å². The Morgan fingerprint density at radius 2 is 2.07 bits per heavy atom. The molecule has 1 aromatic heterocycles. The molecule has 0 unspecified atom stereocenters. The molecule has 0 aromatic carbocycles. The maximum absolute atomic E-state index is 11.0. The summed E-state index contributed by atoms with van der Waals surface area (Å²) >= 11 is 1.49. The Bertz CT molecular complexity index is 417. The number of nitrogens with zero attached hydrogens (tertiary/aromatic N) is 1. The van der Waals surface area contributed by atoms with E-state index in [4.69, 9.17) is 10.7 Å². The van der Waals surface area contributed by atoms with Crippen molar-refractivity contribution < 1.29 is 8.42 Å². The number of thioether (sulfide) groups is 1. The second kappa shape index (κ2) is 4.51. The number of pyridine rings is 1. The third-order valence-electron chi connectivity index (χ3n) is 1.30. The summed E-state index contributed by atoms with van der Waals surface area (Å²) < 4.78 is 21.9. The normalized spacial score (nSPS) is 12.0. The van der Waals surface area contributed by atoms with Crippen LogP contribution >= 0.6 is 22.4 Å². The van der Waals surface area contributed by atoms with Crippen molar-refractivity contribution in [1.29, 1.82) is 0 Å². The highest BCUT2D eigenvalue weighted by Gasteiger charge is 2.12. The summed E-state index contributed by atoms with van der Waals surface area (Å²) in [5.41, 5.74) is 0. The first-order valence-corrected chi connectivity index (χ1v) is 7.17. The summed E-state index contributed by atoms with van der Waals surface area (Å²) in [6, 6.07) is 4.77. The Balaban J connectivity index is 3.02. The fourth-order valence-electron chi connectivity index (χ4n) is 0.839. The van der Waals surface area contributed by atoms with E-state index in [0.29, 0.717) is 10.3 Å². The molecule has 1 rings (SSSR count). The van der Waals surface area contributed by atoms with Crippen molar-refractivity contribution in [3.8, 4) is 0 Å². The van der Waals surface area contributed by atoms with Crippen LogP contribution < -0.4 is 0 Å². The van der Waals surface area contributed by atoms with E-state index in [1.165, 1.54) is 17.8 Å². The predicted molar refractivity (Wildman–Crippen MR) is 58.3 cm³/mol. The molecule has 1 aromatic rings. The maximum atomic E-state index is 11.0. The van der Waals surface area contributed by atoms with Crippen molar-refractivity contribution in [3.63, 3.8) is 0 Å². The van der Waals surface area contributed by atoms with E-state index in [1.54, 1.807) is 12.1 Å². The Labute approximate surface area is 92.3 Å². The molecule has 0 aliphatic heterocycles. The highest BCUT2D eigenvalue weighted by atomic mass is 35.7. The number of aromatic nitrogens is 1. The zero-order chi connectivity index (χ0) is 10.8. The minimum absolute atomic E-state index is 0.0928. The SMILES string of the molecule is CC(C)Sc1cccc(S(=O)(=O)Cl)n1. The van der Waals surface area contributed by atoms with Crippen LogP contribution in [0.1, 0.15) is 13.8 Å². The molecule has 0 amide bonds. The molecule has 6 heteroatoms. The average molecular weight is 252 g/mol. The summed E-state index contributed by atoms with van der Waals surface area (Å²) in [5, 5.41) is 0.933. The van der Waals surface area contributed by atoms with E-state index < -0.39 is 9.05 Å². The van der Waals surface area contributed by atoms with Gasteiger partial charge >= 0.3 is 0 Å². The molecule has 0 saturated heterocycles. The van der Waals surface area contributed by atoms with Crippen LogP contribution in [0.25, 0.3) is 0 Å². The summed E-state index contributed by atoms with van der Waals surface area (Å²) in [7, 11) is 1.45. The summed E-state index contributed by atoms with van der Waals surface area (Å²) in [6.45, 7) is 4.02. The van der Waals surface area contributed by atoms with Crippen LogP contribution in [0.2, 0.25) is 0 Å². The van der Waals surface area contributed by atoms with Gasteiger partial charge in [0.1, 0.15) is 0 Å². The fourth-order valence-corrected chi connectivity index (χ4v) is 2.39. The minimum Gasteiger partial charge on any atom is -0.229 e. The van der Waals surface area contributed by atoms with Crippen LogP contribution in [0.4, 0.5) is 0 Å². The van der Waals surface area contributed by atoms with Crippen molar-refractivity contribution in [1.82, 2.24) is 4.98 Å². The first-order chi connectivity index (χ1) is 6.39. The minimum atomic E-state index is -3.71. The molecule has 0 saturated carbocycles. The van der Waals surface area contributed by atoms with Gasteiger partial charge in [-0.2, -0.15) is 0 Å². The lowest BCUT2D eigenvalue weighted by Gasteiger charge is -2.04. The van der Waals surface area contributed by atoms with Gasteiger partial charge in [-0.3, -0.25) is 0 Å². The van der Waals surface area contributed by atoms with Crippen molar-refractivity contribution in [2.24, 2.45) is 0 Å². The van der Waals surface area contributed by atoms with Gasteiger partial charge in [-0.25, -0.2) is 13.4 Å². The summed E-state index contributed by atoms with van der Waals surface area (Å²) in [5.74, 6) is 0. The largest absolute Gasteiger partial charge is 0.278 e. The van der Waals surface area contributed by atoms with E-state index >= 15 is 0 Å². The smallest absolute Gasteiger partial charge is 0.229 e. The van der Waals surface area contributed by atoms with Crippen molar-refractivity contribution in [3.05, 3.63) is 18.2 Å². The molecule has 0 fully saturated rings. The van der Waals surface area contributed by atoms with Gasteiger partial charge < -0.3 is 0 Å². The standard InChI is InChI=1S/C8H10ClNO2S2/c1-6(2)13-7-4-3-5-8(10-7)14(9,11)12/h3-6H,1-2H3. The number of rotatable bonds is 3. The summed E-state index contributed by atoms with van der Waals surface area (Å²) in [4.78, 5) is 3.93. The van der Waals surface area contributed by atoms with Gasteiger partial charge in [0.2, 0.25) is 0 Å². The number of hydrogen-bond donors (Lipinski definition) is 0. The maximum Gasteiger partial charge on any atom is 0.278 e. The Hall–Kier alpha value is -0.260. The van der Waals surface area contributed by atoms with Crippen molar-refractivity contribution >= 4 is 31.5 Å². The van der Waals surface area contributed by atoms with Crippen molar-refractivity contribution in [2.45, 2.75) is 29.1 Å². The predicted octanol–water partition coefficient (Wildman–Crippen LogP) is 2.51. The van der Waals surface area contributed by atoms with Gasteiger partial charge in [0.05, 0.1) is 5.03 Å². The van der Waals surface area contributed by atoms with Crippen LogP contribution in [0, 0.1) is 0 Å². The molecular formula is C8H10ClNO2S2. The van der Waals surface area contributed by atoms with Gasteiger partial charge in [-0.05, 0) is 12.1 Å². The van der Waals surface area contributed by atoms with Crippen LogP contribution in [-0.4, -0.2) is 18.7 Å². The Kier molecular flexibility index (Phi) is 3.80. The molecule has 14 heavy (non-hydrogen) atoms. The Morgan fingerprint density at radius 3 is 2.57 bits per heavy atom. The van der Waals surface area contributed by atoms with E-state index in [2.05, 4.69) is 4.98 Å². The first kappa shape index (κ1) is 11.8. The van der Waals surface area contributed by atoms with Crippen LogP contribution in [0.3, 0.4) is 0 Å². The first-order valence-electron chi connectivity index (χ1n) is 3.98. The zero-order valence-corrected chi connectivity index (χ0v) is 10.2. The second-order valence-electron chi connectivity index (χ2n) is 2.92. The molecule has 0 atom stereocenters. The van der Waals surface area contributed by atoms with Gasteiger partial charge in [-0.1, -0.05) is 19.9 Å². The quantitative estimate of drug-likeness (QED) is 0.612. The lowest BCUT2D eigenvalue weighted by molar-refractivity contribution is 0.605. The molecule has 0 radical (unpaired) electrons. The molecule has 78 valence electrons. The molecule has 0 spiro atoms. The molecule has 0 aliphatic carbocycles. The molecule has 0 N–H and O–H groups in total. The number of halogens is 1. The highest BCUT2D eigenvalue weighted by Crippen LogP contribution is 2.22. The topological polar surface area (TPSA) is 47.0 Å². The fraction of sp³-hybridized carbons (Fsp3) is 0.375. The molecule has 0 aliphatic rings. The van der Waals surface area contributed by atoms with Gasteiger partial charge in [-0.15, -0.1) is 11.8 Å². The molecule has 3 nitrogen and oxygen atoms in total. The van der Waals surface area contributed by atoms with Gasteiger partial charge in [0.15, 0.2) is 5.03 Å². The third-order valence-corrected chi connectivity index (χ3v) is 3.45. The van der Waals surface area contributed by atoms with Crippen LogP contribution in [0.5, 0.6) is 0 Å². The Morgan fingerprint density at radius 1 is 1.43 bits per heavy atom. The third kappa shape index (κ3) is 3.48. The highest BCUT2D eigenvalue weighted by molar-refractivity contribution is 8.13. The van der Waals surface area contributed by atoms with E-state index in [0.717, 1.165) is 0 Å². The monoisotopic (exact) mass is 251 g/mol. The second-order valence-corrected chi connectivity index (χ2v) is 7.03. The van der Waals surface area contributed by atoms with E-state index in [-0.39, 0.29) is 5.03 Å². The molecule has 0 bridgehead atoms. The summed E-state index contributed by atoms with van der Waals surface area (Å²) in [6.07, 6.45) is 0. The van der Waals surface area contributed by atoms with Crippen LogP contribution in [0.15, 0.2) is 28.3 Å². The molecular weight excluding hydrogens is 242 g/mol. The zero-order valence-electron chi connectivity index (χ0n) is 7.77. The van der Waals surface area contributed by atoms with E-state index in [1.807, 2.05) is 13.8 Å². The number of hydrogen-bond acceptors (Lipinski definition) is 4. The van der Waals surface area contributed by atoms with Crippen LogP contribution in [-0.2, 0) is 9.05 Å².